The second kappa shape index (κ2) is 9.63. The van der Waals surface area contributed by atoms with Gasteiger partial charge in [-0.15, -0.1) is 0 Å². The standard InChI is InChI=1S/C25H21N5O6/c1-34-23(31)19-18(13-7-5-4-6-8-13)16(12-26)22(27)30(21(19)25(33)36-3)14-9-10-17-15(11-14)20(29-28-17)24(32)35-2/h4-11,18H,27H2,1-3H3,(H,28,29). The van der Waals surface area contributed by atoms with E-state index in [1.54, 1.807) is 42.5 Å². The van der Waals surface area contributed by atoms with Gasteiger partial charge in [-0.1, -0.05) is 30.3 Å². The second-order valence-corrected chi connectivity index (χ2v) is 7.63. The van der Waals surface area contributed by atoms with Crippen LogP contribution in [-0.4, -0.2) is 49.4 Å². The third-order valence-electron chi connectivity index (χ3n) is 5.79. The first kappa shape index (κ1) is 24.0. The summed E-state index contributed by atoms with van der Waals surface area (Å²) in [5.41, 5.74) is 7.52. The maximum Gasteiger partial charge on any atom is 0.359 e. The Bertz CT molecular complexity index is 1480. The number of allylic oxidation sites excluding steroid dienone is 1. The summed E-state index contributed by atoms with van der Waals surface area (Å²) in [5.74, 6) is -3.48. The summed E-state index contributed by atoms with van der Waals surface area (Å²) in [4.78, 5) is 39.7. The molecule has 0 bridgehead atoms. The molecule has 4 rings (SSSR count). The topological polar surface area (TPSA) is 161 Å². The predicted molar refractivity (Wildman–Crippen MR) is 127 cm³/mol. The van der Waals surface area contributed by atoms with Crippen molar-refractivity contribution in [3.63, 3.8) is 0 Å². The number of aromatic amines is 1. The molecule has 0 saturated carbocycles. The van der Waals surface area contributed by atoms with E-state index in [4.69, 9.17) is 19.9 Å². The Morgan fingerprint density at radius 1 is 1.00 bits per heavy atom. The highest BCUT2D eigenvalue weighted by Gasteiger charge is 2.43. The van der Waals surface area contributed by atoms with Gasteiger partial charge in [0, 0.05) is 11.1 Å². The van der Waals surface area contributed by atoms with Crippen molar-refractivity contribution in [1.29, 1.82) is 5.26 Å². The van der Waals surface area contributed by atoms with Crippen molar-refractivity contribution in [3.05, 3.63) is 82.5 Å². The quantitative estimate of drug-likeness (QED) is 0.403. The minimum atomic E-state index is -0.989. The number of nitrogens with zero attached hydrogens (tertiary/aromatic N) is 3. The first-order chi connectivity index (χ1) is 17.4. The predicted octanol–water partition coefficient (Wildman–Crippen LogP) is 2.25. The molecule has 1 atom stereocenters. The molecule has 0 amide bonds. The molecule has 0 fully saturated rings. The van der Waals surface area contributed by atoms with Crippen molar-refractivity contribution < 1.29 is 28.6 Å². The number of carbonyl (C=O) groups is 3. The fourth-order valence-electron chi connectivity index (χ4n) is 4.17. The first-order valence-electron chi connectivity index (χ1n) is 10.6. The minimum absolute atomic E-state index is 0.00775. The van der Waals surface area contributed by atoms with Gasteiger partial charge in [-0.2, -0.15) is 10.4 Å². The molecule has 0 saturated heterocycles. The van der Waals surface area contributed by atoms with Crippen LogP contribution in [0.5, 0.6) is 0 Å². The number of anilines is 1. The molecule has 2 heterocycles. The zero-order chi connectivity index (χ0) is 26.0. The van der Waals surface area contributed by atoms with Crippen LogP contribution in [0, 0.1) is 11.3 Å². The normalized spacial score (nSPS) is 15.5. The minimum Gasteiger partial charge on any atom is -0.466 e. The van der Waals surface area contributed by atoms with Crippen molar-refractivity contribution in [3.8, 4) is 6.07 Å². The van der Waals surface area contributed by atoms with Crippen LogP contribution in [-0.2, 0) is 23.8 Å². The number of nitrogens with two attached hydrogens (primary N) is 1. The van der Waals surface area contributed by atoms with Crippen LogP contribution in [0.1, 0.15) is 22.0 Å². The van der Waals surface area contributed by atoms with E-state index in [0.29, 0.717) is 16.5 Å². The molecule has 11 heteroatoms. The fraction of sp³-hybridized carbons (Fsp3) is 0.160. The number of rotatable bonds is 5. The molecular weight excluding hydrogens is 466 g/mol. The van der Waals surface area contributed by atoms with Gasteiger partial charge in [0.1, 0.15) is 11.5 Å². The van der Waals surface area contributed by atoms with Gasteiger partial charge in [-0.05, 0) is 23.8 Å². The van der Waals surface area contributed by atoms with Gasteiger partial charge >= 0.3 is 17.9 Å². The number of nitrogens with one attached hydrogen (secondary N) is 1. The van der Waals surface area contributed by atoms with E-state index in [0.717, 1.165) is 7.11 Å². The van der Waals surface area contributed by atoms with Crippen molar-refractivity contribution in [2.45, 2.75) is 5.92 Å². The van der Waals surface area contributed by atoms with Crippen LogP contribution < -0.4 is 10.6 Å². The summed E-state index contributed by atoms with van der Waals surface area (Å²) < 4.78 is 14.8. The van der Waals surface area contributed by atoms with Crippen molar-refractivity contribution in [2.75, 3.05) is 26.2 Å². The number of esters is 3. The maximum absolute atomic E-state index is 13.2. The van der Waals surface area contributed by atoms with Gasteiger partial charge in [0.2, 0.25) is 0 Å². The van der Waals surface area contributed by atoms with E-state index in [2.05, 4.69) is 16.3 Å². The Hall–Kier alpha value is -5.11. The van der Waals surface area contributed by atoms with E-state index < -0.39 is 23.8 Å². The monoisotopic (exact) mass is 487 g/mol. The molecule has 36 heavy (non-hydrogen) atoms. The summed E-state index contributed by atoms with van der Waals surface area (Å²) in [6, 6.07) is 15.5. The Morgan fingerprint density at radius 3 is 2.28 bits per heavy atom. The van der Waals surface area contributed by atoms with Crippen LogP contribution in [0.25, 0.3) is 10.9 Å². The molecule has 0 aliphatic carbocycles. The average Bonchev–Trinajstić information content (AvgIpc) is 3.34. The number of nitriles is 1. The van der Waals surface area contributed by atoms with Gasteiger partial charge in [-0.25, -0.2) is 14.4 Å². The van der Waals surface area contributed by atoms with Gasteiger partial charge in [-0.3, -0.25) is 10.00 Å². The van der Waals surface area contributed by atoms with Crippen LogP contribution in [0.3, 0.4) is 0 Å². The lowest BCUT2D eigenvalue weighted by Gasteiger charge is -2.35. The molecule has 1 aliphatic heterocycles. The van der Waals surface area contributed by atoms with E-state index in [-0.39, 0.29) is 34.0 Å². The number of methoxy groups -OCH3 is 3. The fourth-order valence-corrected chi connectivity index (χ4v) is 4.17. The molecule has 1 unspecified atom stereocenters. The highest BCUT2D eigenvalue weighted by molar-refractivity contribution is 6.07. The summed E-state index contributed by atoms with van der Waals surface area (Å²) in [6.45, 7) is 0. The number of aromatic nitrogens is 2. The number of benzene rings is 2. The third-order valence-corrected chi connectivity index (χ3v) is 5.79. The van der Waals surface area contributed by atoms with Crippen LogP contribution >= 0.6 is 0 Å². The Balaban J connectivity index is 2.06. The lowest BCUT2D eigenvalue weighted by molar-refractivity contribution is -0.139. The summed E-state index contributed by atoms with van der Waals surface area (Å²) >= 11 is 0. The third kappa shape index (κ3) is 3.80. The number of ether oxygens (including phenoxy) is 3. The van der Waals surface area contributed by atoms with Crippen molar-refractivity contribution >= 4 is 34.5 Å². The van der Waals surface area contributed by atoms with E-state index in [1.165, 1.54) is 25.2 Å². The lowest BCUT2D eigenvalue weighted by atomic mass is 9.81. The number of hydrogen-bond donors (Lipinski definition) is 2. The summed E-state index contributed by atoms with van der Waals surface area (Å²) in [7, 11) is 3.56. The van der Waals surface area contributed by atoms with Crippen molar-refractivity contribution in [2.24, 2.45) is 5.73 Å². The molecule has 11 nitrogen and oxygen atoms in total. The zero-order valence-electron chi connectivity index (χ0n) is 19.6. The van der Waals surface area contributed by atoms with Crippen molar-refractivity contribution in [1.82, 2.24) is 10.2 Å². The Morgan fingerprint density at radius 2 is 1.67 bits per heavy atom. The largest absolute Gasteiger partial charge is 0.466 e. The highest BCUT2D eigenvalue weighted by atomic mass is 16.5. The Kier molecular flexibility index (Phi) is 6.43. The van der Waals surface area contributed by atoms with E-state index >= 15 is 0 Å². The molecule has 0 radical (unpaired) electrons. The lowest BCUT2D eigenvalue weighted by Crippen LogP contribution is -2.40. The highest BCUT2D eigenvalue weighted by Crippen LogP contribution is 2.43. The number of H-pyrrole nitrogens is 1. The van der Waals surface area contributed by atoms with Crippen LogP contribution in [0.4, 0.5) is 5.69 Å². The van der Waals surface area contributed by atoms with Gasteiger partial charge in [0.05, 0.1) is 50.0 Å². The molecule has 1 aromatic heterocycles. The smallest absolute Gasteiger partial charge is 0.359 e. The molecule has 3 aromatic rings. The molecular formula is C25H21N5O6. The van der Waals surface area contributed by atoms with Gasteiger partial charge in [0.15, 0.2) is 5.69 Å². The summed E-state index contributed by atoms with van der Waals surface area (Å²) in [5, 5.41) is 17.2. The number of carbonyl (C=O) groups excluding carboxylic acids is 3. The molecule has 2 aromatic carbocycles. The zero-order valence-corrected chi connectivity index (χ0v) is 19.6. The second-order valence-electron chi connectivity index (χ2n) is 7.63. The SMILES string of the molecule is COC(=O)C1=C(C(=O)OC)N(c2ccc3[nH]nc(C(=O)OC)c3c2)C(N)=C(C#N)C1c1ccccc1. The van der Waals surface area contributed by atoms with E-state index in [1.807, 2.05) is 0 Å². The number of hydrogen-bond acceptors (Lipinski definition) is 10. The van der Waals surface area contributed by atoms with Gasteiger partial charge < -0.3 is 19.9 Å². The number of fused-ring (bicyclic) bond motifs is 1. The Labute approximate surface area is 205 Å². The maximum atomic E-state index is 13.2. The van der Waals surface area contributed by atoms with Crippen LogP contribution in [0.2, 0.25) is 0 Å². The molecule has 1 aliphatic rings. The van der Waals surface area contributed by atoms with E-state index in [9.17, 15) is 19.6 Å². The first-order valence-corrected chi connectivity index (χ1v) is 10.6. The molecule has 3 N–H and O–H groups in total. The van der Waals surface area contributed by atoms with Crippen LogP contribution in [0.15, 0.2) is 71.2 Å². The molecule has 0 spiro atoms. The van der Waals surface area contributed by atoms with Gasteiger partial charge in [0.25, 0.3) is 0 Å². The summed E-state index contributed by atoms with van der Waals surface area (Å²) in [6.07, 6.45) is 0. The molecule has 182 valence electrons. The average molecular weight is 487 g/mol.